The van der Waals surface area contributed by atoms with Crippen LogP contribution >= 0.6 is 0 Å². The van der Waals surface area contributed by atoms with E-state index < -0.39 is 5.60 Å². The number of hydrogen-bond acceptors (Lipinski definition) is 1. The molecule has 1 fully saturated rings. The lowest BCUT2D eigenvalue weighted by Crippen LogP contribution is -2.42. The third kappa shape index (κ3) is 2.06. The molecule has 3 atom stereocenters. The topological polar surface area (TPSA) is 20.2 Å². The second-order valence-corrected chi connectivity index (χ2v) is 4.76. The minimum atomic E-state index is -0.840. The highest BCUT2D eigenvalue weighted by molar-refractivity contribution is 5.12. The van der Waals surface area contributed by atoms with Gasteiger partial charge in [0.2, 0.25) is 0 Å². The molecule has 13 heavy (non-hydrogen) atoms. The second kappa shape index (κ2) is 3.72. The Bertz CT molecular complexity index is 214. The summed E-state index contributed by atoms with van der Waals surface area (Å²) in [5, 5.41) is 10.1. The Morgan fingerprint density at radius 2 is 2.08 bits per heavy atom. The van der Waals surface area contributed by atoms with Gasteiger partial charge in [0.05, 0.1) is 0 Å². The minimum absolute atomic E-state index is 0.257. The van der Waals surface area contributed by atoms with Crippen molar-refractivity contribution >= 4 is 0 Å². The van der Waals surface area contributed by atoms with Gasteiger partial charge in [-0.2, -0.15) is 0 Å². The van der Waals surface area contributed by atoms with Crippen LogP contribution in [0.15, 0.2) is 0 Å². The zero-order chi connectivity index (χ0) is 10.1. The van der Waals surface area contributed by atoms with E-state index in [0.29, 0.717) is 11.8 Å². The minimum Gasteiger partial charge on any atom is -0.377 e. The molecule has 0 aromatic rings. The summed E-state index contributed by atoms with van der Waals surface area (Å²) in [7, 11) is 0. The molecule has 1 nitrogen and oxygen atoms in total. The lowest BCUT2D eigenvalue weighted by Gasteiger charge is -2.39. The first-order valence-corrected chi connectivity index (χ1v) is 5.19. The molecular formula is C12H20O. The van der Waals surface area contributed by atoms with E-state index in [1.165, 1.54) is 6.42 Å². The monoisotopic (exact) mass is 180 g/mol. The van der Waals surface area contributed by atoms with Gasteiger partial charge >= 0.3 is 0 Å². The van der Waals surface area contributed by atoms with Gasteiger partial charge in [0, 0.05) is 0 Å². The predicted molar refractivity (Wildman–Crippen MR) is 55.1 cm³/mol. The van der Waals surface area contributed by atoms with Gasteiger partial charge in [0.1, 0.15) is 5.60 Å². The first kappa shape index (κ1) is 10.6. The van der Waals surface area contributed by atoms with Crippen LogP contribution in [0, 0.1) is 30.1 Å². The molecule has 0 spiro atoms. The Balaban J connectivity index is 2.70. The first-order chi connectivity index (χ1) is 5.99. The van der Waals surface area contributed by atoms with E-state index in [4.69, 9.17) is 6.42 Å². The summed E-state index contributed by atoms with van der Waals surface area (Å²) in [5.74, 6) is 4.05. The van der Waals surface area contributed by atoms with Crippen LogP contribution < -0.4 is 0 Å². The zero-order valence-corrected chi connectivity index (χ0v) is 8.88. The Labute approximate surface area is 81.5 Å². The summed E-state index contributed by atoms with van der Waals surface area (Å²) in [6, 6.07) is 0. The molecule has 0 bridgehead atoms. The van der Waals surface area contributed by atoms with Crippen molar-refractivity contribution < 1.29 is 5.11 Å². The Morgan fingerprint density at radius 3 is 2.54 bits per heavy atom. The van der Waals surface area contributed by atoms with Gasteiger partial charge in [0.15, 0.2) is 0 Å². The third-order valence-electron chi connectivity index (χ3n) is 3.55. The fraction of sp³-hybridized carbons (Fsp3) is 0.833. The van der Waals surface area contributed by atoms with Gasteiger partial charge in [-0.3, -0.25) is 0 Å². The molecular weight excluding hydrogens is 160 g/mol. The summed E-state index contributed by atoms with van der Waals surface area (Å²) >= 11 is 0. The maximum absolute atomic E-state index is 10.1. The van der Waals surface area contributed by atoms with Crippen LogP contribution in [0.5, 0.6) is 0 Å². The molecule has 1 saturated carbocycles. The smallest absolute Gasteiger partial charge is 0.128 e. The molecule has 0 heterocycles. The van der Waals surface area contributed by atoms with Gasteiger partial charge in [-0.1, -0.05) is 26.7 Å². The van der Waals surface area contributed by atoms with E-state index in [1.807, 2.05) is 0 Å². The predicted octanol–water partition coefficient (Wildman–Crippen LogP) is 2.44. The van der Waals surface area contributed by atoms with Crippen molar-refractivity contribution in [2.45, 2.75) is 45.6 Å². The van der Waals surface area contributed by atoms with Crippen LogP contribution in [0.3, 0.4) is 0 Å². The lowest BCUT2D eigenvalue weighted by molar-refractivity contribution is -0.0180. The van der Waals surface area contributed by atoms with E-state index in [1.54, 1.807) is 0 Å². The number of rotatable bonds is 1. The van der Waals surface area contributed by atoms with Gasteiger partial charge < -0.3 is 5.11 Å². The highest BCUT2D eigenvalue weighted by Gasteiger charge is 2.39. The Hall–Kier alpha value is -0.480. The highest BCUT2D eigenvalue weighted by Crippen LogP contribution is 2.39. The molecule has 0 unspecified atom stereocenters. The molecule has 0 amide bonds. The molecule has 0 aliphatic heterocycles. The lowest BCUT2D eigenvalue weighted by atomic mass is 9.69. The molecule has 0 saturated heterocycles. The molecule has 1 aliphatic rings. The SMILES string of the molecule is C#C[C@]1(O)C[C@H](C(C)C)CC[C@@H]1C. The third-order valence-corrected chi connectivity index (χ3v) is 3.55. The molecule has 1 heteroatoms. The molecule has 74 valence electrons. The summed E-state index contributed by atoms with van der Waals surface area (Å²) in [6.45, 7) is 6.46. The molecule has 1 rings (SSSR count). The fourth-order valence-electron chi connectivity index (χ4n) is 2.18. The summed E-state index contributed by atoms with van der Waals surface area (Å²) in [6.07, 6.45) is 8.44. The largest absolute Gasteiger partial charge is 0.377 e. The van der Waals surface area contributed by atoms with E-state index in [9.17, 15) is 5.11 Å². The summed E-state index contributed by atoms with van der Waals surface area (Å²) in [5.41, 5.74) is -0.840. The number of hydrogen-bond donors (Lipinski definition) is 1. The van der Waals surface area contributed by atoms with Gasteiger partial charge in [-0.05, 0) is 37.0 Å². The molecule has 0 radical (unpaired) electrons. The Kier molecular flexibility index (Phi) is 3.03. The quantitative estimate of drug-likeness (QED) is 0.614. The molecule has 0 aromatic heterocycles. The maximum Gasteiger partial charge on any atom is 0.128 e. The normalized spacial score (nSPS) is 40.3. The van der Waals surface area contributed by atoms with Crippen LogP contribution in [-0.2, 0) is 0 Å². The summed E-state index contributed by atoms with van der Waals surface area (Å²) < 4.78 is 0. The second-order valence-electron chi connectivity index (χ2n) is 4.76. The van der Waals surface area contributed by atoms with Crippen LogP contribution in [0.1, 0.15) is 40.0 Å². The van der Waals surface area contributed by atoms with Crippen molar-refractivity contribution in [1.82, 2.24) is 0 Å². The Morgan fingerprint density at radius 1 is 1.46 bits per heavy atom. The van der Waals surface area contributed by atoms with Crippen molar-refractivity contribution in [3.63, 3.8) is 0 Å². The average Bonchev–Trinajstić information content (AvgIpc) is 2.09. The number of terminal acetylenes is 1. The molecule has 0 aromatic carbocycles. The molecule has 1 N–H and O–H groups in total. The van der Waals surface area contributed by atoms with Gasteiger partial charge in [-0.25, -0.2) is 0 Å². The van der Waals surface area contributed by atoms with Crippen LogP contribution in [-0.4, -0.2) is 10.7 Å². The number of aliphatic hydroxyl groups is 1. The van der Waals surface area contributed by atoms with Crippen LogP contribution in [0.25, 0.3) is 0 Å². The van der Waals surface area contributed by atoms with E-state index in [0.717, 1.165) is 12.8 Å². The first-order valence-electron chi connectivity index (χ1n) is 5.19. The van der Waals surface area contributed by atoms with E-state index in [2.05, 4.69) is 26.7 Å². The van der Waals surface area contributed by atoms with Crippen molar-refractivity contribution in [3.8, 4) is 12.3 Å². The van der Waals surface area contributed by atoms with Crippen LogP contribution in [0.4, 0.5) is 0 Å². The average molecular weight is 180 g/mol. The molecule has 1 aliphatic carbocycles. The van der Waals surface area contributed by atoms with Crippen molar-refractivity contribution in [2.24, 2.45) is 17.8 Å². The maximum atomic E-state index is 10.1. The van der Waals surface area contributed by atoms with Crippen LogP contribution in [0.2, 0.25) is 0 Å². The standard InChI is InChI=1S/C12H20O/c1-5-12(13)8-11(9(2)3)7-6-10(12)4/h1,9-11,13H,6-8H2,2-4H3/t10-,11+,12-/m0/s1. The summed E-state index contributed by atoms with van der Waals surface area (Å²) in [4.78, 5) is 0. The van der Waals surface area contributed by atoms with Gasteiger partial charge in [-0.15, -0.1) is 6.42 Å². The van der Waals surface area contributed by atoms with E-state index >= 15 is 0 Å². The fourth-order valence-corrected chi connectivity index (χ4v) is 2.18. The highest BCUT2D eigenvalue weighted by atomic mass is 16.3. The van der Waals surface area contributed by atoms with Crippen molar-refractivity contribution in [1.29, 1.82) is 0 Å². The van der Waals surface area contributed by atoms with Gasteiger partial charge in [0.25, 0.3) is 0 Å². The van der Waals surface area contributed by atoms with Crippen molar-refractivity contribution in [2.75, 3.05) is 0 Å². The van der Waals surface area contributed by atoms with Crippen molar-refractivity contribution in [3.05, 3.63) is 0 Å². The zero-order valence-electron chi connectivity index (χ0n) is 8.88. The van der Waals surface area contributed by atoms with E-state index in [-0.39, 0.29) is 5.92 Å².